The fourth-order valence-electron chi connectivity index (χ4n) is 2.23. The van der Waals surface area contributed by atoms with Gasteiger partial charge in [-0.3, -0.25) is 9.10 Å². The van der Waals surface area contributed by atoms with E-state index in [-0.39, 0.29) is 11.7 Å². The van der Waals surface area contributed by atoms with E-state index in [1.165, 1.54) is 4.31 Å². The van der Waals surface area contributed by atoms with Crippen molar-refractivity contribution in [3.05, 3.63) is 29.8 Å². The first-order valence-electron chi connectivity index (χ1n) is 7.53. The normalized spacial score (nSPS) is 15.2. The van der Waals surface area contributed by atoms with E-state index in [1.54, 1.807) is 38.1 Å². The molecule has 0 atom stereocenters. The Hall–Kier alpha value is -1.36. The summed E-state index contributed by atoms with van der Waals surface area (Å²) in [5.41, 5.74) is 1.32. The zero-order valence-corrected chi connectivity index (χ0v) is 13.7. The van der Waals surface area contributed by atoms with Crippen LogP contribution in [0.3, 0.4) is 0 Å². The number of hydrogen-bond acceptors (Lipinski definition) is 3. The Labute approximate surface area is 127 Å². The smallest absolute Gasteiger partial charge is 0.237 e. The van der Waals surface area contributed by atoms with E-state index >= 15 is 0 Å². The third-order valence-electron chi connectivity index (χ3n) is 3.72. The zero-order valence-electron chi connectivity index (χ0n) is 12.9. The van der Waals surface area contributed by atoms with Gasteiger partial charge in [0.1, 0.15) is 0 Å². The van der Waals surface area contributed by atoms with E-state index in [0.717, 1.165) is 19.3 Å². The summed E-state index contributed by atoms with van der Waals surface area (Å²) in [7, 11) is -3.34. The quantitative estimate of drug-likeness (QED) is 0.727. The number of anilines is 1. The van der Waals surface area contributed by atoms with Crippen molar-refractivity contribution in [2.45, 2.75) is 45.3 Å². The predicted molar refractivity (Wildman–Crippen MR) is 85.2 cm³/mol. The highest BCUT2D eigenvalue weighted by atomic mass is 32.2. The van der Waals surface area contributed by atoms with Gasteiger partial charge in [-0.2, -0.15) is 0 Å². The van der Waals surface area contributed by atoms with E-state index in [1.807, 2.05) is 6.92 Å². The molecule has 0 amide bonds. The summed E-state index contributed by atoms with van der Waals surface area (Å²) < 4.78 is 26.3. The summed E-state index contributed by atoms with van der Waals surface area (Å²) >= 11 is 0. The number of carbonyl (C=O) groups excluding carboxylic acids is 1. The molecule has 2 rings (SSSR count). The topological polar surface area (TPSA) is 54.5 Å². The summed E-state index contributed by atoms with van der Waals surface area (Å²) in [6.45, 7) is 5.77. The fourth-order valence-corrected chi connectivity index (χ4v) is 3.60. The standard InChI is InChI=1S/C16H23NO3S/c1-4-11-17(21(19,20)12(2)3)15-9-7-14(8-10-15)16(18)13-5-6-13/h7-10,12-13H,4-6,11H2,1-3H3. The van der Waals surface area contributed by atoms with Crippen LogP contribution in [0, 0.1) is 5.92 Å². The molecular weight excluding hydrogens is 286 g/mol. The van der Waals surface area contributed by atoms with Crippen LogP contribution in [-0.4, -0.2) is 26.0 Å². The van der Waals surface area contributed by atoms with E-state index < -0.39 is 15.3 Å². The van der Waals surface area contributed by atoms with Crippen molar-refractivity contribution in [2.24, 2.45) is 5.92 Å². The second-order valence-electron chi connectivity index (χ2n) is 5.85. The maximum atomic E-state index is 12.4. The third kappa shape index (κ3) is 3.46. The molecule has 0 N–H and O–H groups in total. The SMILES string of the molecule is CCCN(c1ccc(C(=O)C2CC2)cc1)S(=O)(=O)C(C)C. The molecule has 116 valence electrons. The Morgan fingerprint density at radius 2 is 1.81 bits per heavy atom. The van der Waals surface area contributed by atoms with Gasteiger partial charge in [-0.05, 0) is 57.4 Å². The van der Waals surface area contributed by atoms with Gasteiger partial charge >= 0.3 is 0 Å². The molecule has 0 bridgehead atoms. The lowest BCUT2D eigenvalue weighted by atomic mass is 10.1. The molecular formula is C16H23NO3S. The van der Waals surface area contributed by atoms with Crippen molar-refractivity contribution in [2.75, 3.05) is 10.8 Å². The van der Waals surface area contributed by atoms with E-state index in [9.17, 15) is 13.2 Å². The van der Waals surface area contributed by atoms with E-state index in [0.29, 0.717) is 17.8 Å². The first-order valence-corrected chi connectivity index (χ1v) is 9.04. The molecule has 0 radical (unpaired) electrons. The van der Waals surface area contributed by atoms with Crippen LogP contribution in [0.2, 0.25) is 0 Å². The Kier molecular flexibility index (Phi) is 4.71. The lowest BCUT2D eigenvalue weighted by Crippen LogP contribution is -2.37. The molecule has 21 heavy (non-hydrogen) atoms. The summed E-state index contributed by atoms with van der Waals surface area (Å²) in [6.07, 6.45) is 2.70. The molecule has 4 nitrogen and oxygen atoms in total. The van der Waals surface area contributed by atoms with E-state index in [4.69, 9.17) is 0 Å². The number of nitrogens with zero attached hydrogens (tertiary/aromatic N) is 1. The number of hydrogen-bond donors (Lipinski definition) is 0. The van der Waals surface area contributed by atoms with Crippen molar-refractivity contribution in [3.63, 3.8) is 0 Å². The van der Waals surface area contributed by atoms with Crippen LogP contribution in [-0.2, 0) is 10.0 Å². The lowest BCUT2D eigenvalue weighted by Gasteiger charge is -2.26. The Balaban J connectivity index is 2.27. The predicted octanol–water partition coefficient (Wildman–Crippen LogP) is 3.23. The van der Waals surface area contributed by atoms with Gasteiger partial charge in [0, 0.05) is 18.0 Å². The van der Waals surface area contributed by atoms with Crippen molar-refractivity contribution in [1.82, 2.24) is 0 Å². The summed E-state index contributed by atoms with van der Waals surface area (Å²) in [5, 5.41) is -0.461. The van der Waals surface area contributed by atoms with Gasteiger partial charge in [-0.15, -0.1) is 0 Å². The molecule has 0 heterocycles. The summed E-state index contributed by atoms with van der Waals surface area (Å²) in [5.74, 6) is 0.359. The van der Waals surface area contributed by atoms with Gasteiger partial charge in [-0.25, -0.2) is 8.42 Å². The third-order valence-corrected chi connectivity index (χ3v) is 5.92. The average Bonchev–Trinajstić information content (AvgIpc) is 3.28. The largest absolute Gasteiger partial charge is 0.294 e. The molecule has 1 aliphatic rings. The number of sulfonamides is 1. The molecule has 1 fully saturated rings. The lowest BCUT2D eigenvalue weighted by molar-refractivity contribution is 0.0967. The molecule has 1 aromatic rings. The van der Waals surface area contributed by atoms with Gasteiger partial charge in [0.25, 0.3) is 0 Å². The highest BCUT2D eigenvalue weighted by molar-refractivity contribution is 7.93. The molecule has 0 unspecified atom stereocenters. The second-order valence-corrected chi connectivity index (χ2v) is 8.26. The molecule has 1 aliphatic carbocycles. The monoisotopic (exact) mass is 309 g/mol. The number of Topliss-reactive ketones (excluding diaryl/α,β-unsaturated/α-hetero) is 1. The molecule has 0 aliphatic heterocycles. The van der Waals surface area contributed by atoms with Gasteiger partial charge < -0.3 is 0 Å². The number of ketones is 1. The fraction of sp³-hybridized carbons (Fsp3) is 0.562. The van der Waals surface area contributed by atoms with Crippen LogP contribution in [0.25, 0.3) is 0 Å². The van der Waals surface area contributed by atoms with Crippen LogP contribution in [0.4, 0.5) is 5.69 Å². The van der Waals surface area contributed by atoms with Crippen LogP contribution in [0.5, 0.6) is 0 Å². The van der Waals surface area contributed by atoms with Crippen molar-refractivity contribution >= 4 is 21.5 Å². The molecule has 5 heteroatoms. The Morgan fingerprint density at radius 3 is 2.24 bits per heavy atom. The average molecular weight is 309 g/mol. The molecule has 1 aromatic carbocycles. The number of rotatable bonds is 7. The summed E-state index contributed by atoms with van der Waals surface area (Å²) in [4.78, 5) is 12.0. The Bertz CT molecular complexity index is 601. The maximum absolute atomic E-state index is 12.4. The molecule has 0 aromatic heterocycles. The first-order chi connectivity index (χ1) is 9.87. The number of carbonyl (C=O) groups is 1. The van der Waals surface area contributed by atoms with Gasteiger partial charge in [0.2, 0.25) is 10.0 Å². The van der Waals surface area contributed by atoms with Crippen LogP contribution >= 0.6 is 0 Å². The van der Waals surface area contributed by atoms with Gasteiger partial charge in [0.05, 0.1) is 10.9 Å². The van der Waals surface area contributed by atoms with Crippen molar-refractivity contribution < 1.29 is 13.2 Å². The van der Waals surface area contributed by atoms with Crippen LogP contribution in [0.1, 0.15) is 50.4 Å². The minimum Gasteiger partial charge on any atom is -0.294 e. The minimum atomic E-state index is -3.34. The second kappa shape index (κ2) is 6.18. The maximum Gasteiger partial charge on any atom is 0.237 e. The van der Waals surface area contributed by atoms with Gasteiger partial charge in [0.15, 0.2) is 5.78 Å². The van der Waals surface area contributed by atoms with Crippen LogP contribution in [0.15, 0.2) is 24.3 Å². The molecule has 1 saturated carbocycles. The highest BCUT2D eigenvalue weighted by Crippen LogP contribution is 2.33. The zero-order chi connectivity index (χ0) is 15.6. The minimum absolute atomic E-state index is 0.176. The van der Waals surface area contributed by atoms with Crippen LogP contribution < -0.4 is 4.31 Å². The summed E-state index contributed by atoms with van der Waals surface area (Å²) in [6, 6.07) is 6.97. The molecule has 0 saturated heterocycles. The van der Waals surface area contributed by atoms with Gasteiger partial charge in [-0.1, -0.05) is 6.92 Å². The van der Waals surface area contributed by atoms with E-state index in [2.05, 4.69) is 0 Å². The highest BCUT2D eigenvalue weighted by Gasteiger charge is 2.31. The Morgan fingerprint density at radius 1 is 1.24 bits per heavy atom. The van der Waals surface area contributed by atoms with Crippen molar-refractivity contribution in [1.29, 1.82) is 0 Å². The first kappa shape index (κ1) is 16.0. The molecule has 0 spiro atoms. The number of benzene rings is 1. The van der Waals surface area contributed by atoms with Crippen molar-refractivity contribution in [3.8, 4) is 0 Å².